The number of carbonyl (C=O) groups excluding carboxylic acids is 2. The summed E-state index contributed by atoms with van der Waals surface area (Å²) >= 11 is 3.55. The lowest BCUT2D eigenvalue weighted by atomic mass is 10.1. The lowest BCUT2D eigenvalue weighted by Gasteiger charge is -2.07. The Morgan fingerprint density at radius 3 is 1.48 bits per heavy atom. The Hall–Kier alpha value is -6.15. The molecule has 8 N–H and O–H groups in total. The smallest absolute Gasteiger partial charge is 0.335 e. The Morgan fingerprint density at radius 1 is 0.692 bits per heavy atom. The maximum Gasteiger partial charge on any atom is 0.335 e. The van der Waals surface area contributed by atoms with Gasteiger partial charge in [0.2, 0.25) is 23.4 Å². The quantitative estimate of drug-likeness (QED) is 0.0884. The van der Waals surface area contributed by atoms with Gasteiger partial charge in [0, 0.05) is 39.0 Å². The molecule has 4 rings (SSSR count). The number of aromatic carboxylic acids is 2. The molecule has 2 aromatic heterocycles. The van der Waals surface area contributed by atoms with Crippen LogP contribution in [0.15, 0.2) is 80.1 Å². The van der Waals surface area contributed by atoms with E-state index in [0.717, 1.165) is 32.7 Å². The summed E-state index contributed by atoms with van der Waals surface area (Å²) in [5, 5.41) is 20.0. The lowest BCUT2D eigenvalue weighted by Crippen LogP contribution is -2.31. The number of hydrogen-bond acceptors (Lipinski definition) is 10. The zero-order valence-electron chi connectivity index (χ0n) is 27.3. The number of amides is 2. The summed E-state index contributed by atoms with van der Waals surface area (Å²) < 4.78 is 30.0. The molecule has 2 heterocycles. The monoisotopic (exact) mass is 747 g/mol. The molecule has 0 aliphatic rings. The molecule has 2 aromatic carbocycles. The van der Waals surface area contributed by atoms with Crippen molar-refractivity contribution in [1.82, 2.24) is 29.1 Å². The highest BCUT2D eigenvalue weighted by Gasteiger charge is 2.08. The molecule has 0 radical (unpaired) electrons. The normalized spacial score (nSPS) is 10.2. The first-order chi connectivity index (χ1) is 24.6. The molecule has 0 aliphatic carbocycles. The van der Waals surface area contributed by atoms with Gasteiger partial charge in [0.15, 0.2) is 0 Å². The van der Waals surface area contributed by atoms with Gasteiger partial charge >= 0.3 is 23.3 Å². The fourth-order valence-electron chi connectivity index (χ4n) is 4.01. The molecular weight excluding hydrogens is 712 g/mol. The Bertz CT molecular complexity index is 2080. The van der Waals surface area contributed by atoms with Crippen LogP contribution in [0.25, 0.3) is 0 Å². The number of hydrogen-bond donors (Lipinski definition) is 8. The van der Waals surface area contributed by atoms with Crippen molar-refractivity contribution in [2.75, 3.05) is 0 Å². The fourth-order valence-corrected chi connectivity index (χ4v) is 4.12. The second-order valence-corrected chi connectivity index (χ2v) is 10.8. The van der Waals surface area contributed by atoms with Crippen molar-refractivity contribution in [2.24, 2.45) is 5.73 Å². The Kier molecular flexibility index (Phi) is 17.1. The molecule has 0 fully saturated rings. The van der Waals surface area contributed by atoms with Crippen molar-refractivity contribution in [3.8, 4) is 0 Å². The van der Waals surface area contributed by atoms with Crippen molar-refractivity contribution in [2.45, 2.75) is 51.9 Å². The largest absolute Gasteiger partial charge is 0.478 e. The molecule has 0 bridgehead atoms. The Balaban J connectivity index is 0.000000296. The van der Waals surface area contributed by atoms with E-state index in [4.69, 9.17) is 15.9 Å². The summed E-state index contributed by atoms with van der Waals surface area (Å²) in [5.41, 5.74) is 3.92. The van der Waals surface area contributed by atoms with E-state index in [1.165, 1.54) is 12.1 Å². The van der Waals surface area contributed by atoms with Crippen LogP contribution in [-0.4, -0.2) is 53.1 Å². The summed E-state index contributed by atoms with van der Waals surface area (Å²) in [4.78, 5) is 91.6. The summed E-state index contributed by atoms with van der Waals surface area (Å²) in [7, 11) is 0. The van der Waals surface area contributed by atoms with Gasteiger partial charge in [0.05, 0.1) is 23.5 Å². The van der Waals surface area contributed by atoms with Crippen LogP contribution in [0.3, 0.4) is 0 Å². The average Bonchev–Trinajstić information content (AvgIpc) is 3.12. The predicted molar refractivity (Wildman–Crippen MR) is 185 cm³/mol. The number of nitrogens with two attached hydrogens (primary N) is 1. The van der Waals surface area contributed by atoms with Gasteiger partial charge in [-0.1, -0.05) is 37.1 Å². The van der Waals surface area contributed by atoms with E-state index in [9.17, 15) is 47.1 Å². The minimum atomic E-state index is -1.08. The van der Waals surface area contributed by atoms with Crippen molar-refractivity contribution in [3.05, 3.63) is 136 Å². The number of nitrogens with one attached hydrogen (secondary N) is 4. The van der Waals surface area contributed by atoms with Gasteiger partial charge < -0.3 is 26.0 Å². The molecule has 20 heteroatoms. The molecule has 0 spiro atoms. The molecule has 278 valence electrons. The van der Waals surface area contributed by atoms with Crippen LogP contribution in [0.5, 0.6) is 0 Å². The molecule has 17 nitrogen and oxygen atoms in total. The molecule has 2 amide bonds. The minimum Gasteiger partial charge on any atom is -0.478 e. The standard InChI is InChI=1S/C16H16FN3O5.C8H10FN3O3S.C8H9NO2/c17-12-9-20(16(25)19-14(12)22)7-1-2-13(21)18-8-10-3-5-11(6-4-10)15(23)24;9-5-4-12(8(15)10-7(5)14)3-1-2-6(13)11-16;9-5-6-1-3-7(4-2-6)8(10)11/h3-6,9H,1-2,7-8H2,(H,18,21)(H,23,24)(H,19,22,25);4,16H,1-3H2,(H,11,13)(H,10,14,15);1-4H,5,9H2,(H,10,11). The highest BCUT2D eigenvalue weighted by Crippen LogP contribution is 2.05. The van der Waals surface area contributed by atoms with Gasteiger partial charge in [-0.15, -0.1) is 0 Å². The van der Waals surface area contributed by atoms with Crippen LogP contribution in [0, 0.1) is 11.6 Å². The first-order valence-electron chi connectivity index (χ1n) is 15.2. The predicted octanol–water partition coefficient (Wildman–Crippen LogP) is 0.731. The van der Waals surface area contributed by atoms with Crippen molar-refractivity contribution >= 4 is 36.6 Å². The Morgan fingerprint density at radius 2 is 1.10 bits per heavy atom. The molecular formula is C32H35F2N7O10S. The number of rotatable bonds is 13. The SMILES string of the molecule is NCc1ccc(C(=O)O)cc1.O=C(CCCn1cc(F)c(=O)[nH]c1=O)NCc1ccc(C(=O)O)cc1.O=C(CCCn1cc(F)c(=O)[nH]c1=O)NS. The van der Waals surface area contributed by atoms with Crippen LogP contribution in [0.4, 0.5) is 8.78 Å². The third kappa shape index (κ3) is 14.4. The summed E-state index contributed by atoms with van der Waals surface area (Å²) in [6, 6.07) is 12.6. The molecule has 0 saturated carbocycles. The van der Waals surface area contributed by atoms with E-state index in [0.29, 0.717) is 18.5 Å². The maximum atomic E-state index is 13.1. The zero-order chi connectivity index (χ0) is 38.8. The average molecular weight is 748 g/mol. The Labute approximate surface area is 297 Å². The third-order valence-electron chi connectivity index (χ3n) is 6.79. The molecule has 4 aromatic rings. The number of carboxylic acid groups (broad SMARTS) is 2. The van der Waals surface area contributed by atoms with E-state index in [1.807, 2.05) is 9.97 Å². The van der Waals surface area contributed by atoms with Crippen molar-refractivity contribution < 1.29 is 38.2 Å². The number of carbonyl (C=O) groups is 4. The van der Waals surface area contributed by atoms with E-state index < -0.39 is 46.1 Å². The molecule has 52 heavy (non-hydrogen) atoms. The molecule has 0 aliphatic heterocycles. The molecule has 0 saturated heterocycles. The summed E-state index contributed by atoms with van der Waals surface area (Å²) in [5.74, 6) is -4.58. The number of H-pyrrole nitrogens is 2. The van der Waals surface area contributed by atoms with Crippen LogP contribution in [-0.2, 0) is 35.8 Å². The van der Waals surface area contributed by atoms with Crippen LogP contribution < -0.4 is 38.3 Å². The van der Waals surface area contributed by atoms with Crippen LogP contribution in [0.2, 0.25) is 0 Å². The van der Waals surface area contributed by atoms with Gasteiger partial charge in [-0.3, -0.25) is 38.3 Å². The van der Waals surface area contributed by atoms with Gasteiger partial charge in [0.1, 0.15) is 0 Å². The topological polar surface area (TPSA) is 269 Å². The maximum absolute atomic E-state index is 13.1. The number of halogens is 2. The van der Waals surface area contributed by atoms with Gasteiger partial charge in [-0.25, -0.2) is 19.2 Å². The summed E-state index contributed by atoms with van der Waals surface area (Å²) in [6.07, 6.45) is 2.53. The second-order valence-electron chi connectivity index (χ2n) is 10.6. The van der Waals surface area contributed by atoms with Crippen molar-refractivity contribution in [1.29, 1.82) is 0 Å². The number of nitrogens with zero attached hydrogens (tertiary/aromatic N) is 2. The van der Waals surface area contributed by atoms with Crippen LogP contribution in [0.1, 0.15) is 57.5 Å². The van der Waals surface area contributed by atoms with Gasteiger partial charge in [-0.2, -0.15) is 8.78 Å². The molecule has 0 atom stereocenters. The zero-order valence-corrected chi connectivity index (χ0v) is 28.2. The minimum absolute atomic E-state index is 0.0905. The highest BCUT2D eigenvalue weighted by atomic mass is 32.1. The number of aromatic amines is 2. The number of carboxylic acids is 2. The first kappa shape index (κ1) is 42.0. The van der Waals surface area contributed by atoms with E-state index >= 15 is 0 Å². The van der Waals surface area contributed by atoms with Gasteiger partial charge in [-0.05, 0) is 48.2 Å². The van der Waals surface area contributed by atoms with E-state index in [-0.39, 0.29) is 56.3 Å². The second kappa shape index (κ2) is 21.2. The van der Waals surface area contributed by atoms with E-state index in [1.54, 1.807) is 36.4 Å². The van der Waals surface area contributed by atoms with Crippen LogP contribution >= 0.6 is 12.8 Å². The number of benzene rings is 2. The highest BCUT2D eigenvalue weighted by molar-refractivity contribution is 7.78. The summed E-state index contributed by atoms with van der Waals surface area (Å²) in [6.45, 7) is 0.923. The first-order valence-corrected chi connectivity index (χ1v) is 15.6. The van der Waals surface area contributed by atoms with E-state index in [2.05, 4.69) is 22.9 Å². The van der Waals surface area contributed by atoms with Gasteiger partial charge in [0.25, 0.3) is 11.1 Å². The van der Waals surface area contributed by atoms with Crippen molar-refractivity contribution in [3.63, 3.8) is 0 Å². The number of aromatic nitrogens is 4. The number of aryl methyl sites for hydroxylation is 2. The fraction of sp³-hybridized carbons (Fsp3) is 0.250. The third-order valence-corrected chi connectivity index (χ3v) is 7.04. The molecule has 0 unspecified atom stereocenters. The number of thiol groups is 1. The lowest BCUT2D eigenvalue weighted by molar-refractivity contribution is -0.121.